The van der Waals surface area contributed by atoms with Gasteiger partial charge in [0, 0.05) is 38.1 Å². The summed E-state index contributed by atoms with van der Waals surface area (Å²) in [5.74, 6) is 0.657. The Morgan fingerprint density at radius 2 is 1.38 bits per heavy atom. The lowest BCUT2D eigenvalue weighted by Crippen LogP contribution is -2.00. The smallest absolute Gasteiger partial charge is 0.136 e. The van der Waals surface area contributed by atoms with Crippen molar-refractivity contribution in [2.24, 2.45) is 0 Å². The topological polar surface area (TPSA) is 78.8 Å². The van der Waals surface area contributed by atoms with Crippen LogP contribution in [-0.2, 0) is 0 Å². The van der Waals surface area contributed by atoms with E-state index in [-0.39, 0.29) is 0 Å². The maximum atomic E-state index is 10.5. The van der Waals surface area contributed by atoms with Gasteiger partial charge < -0.3 is 13.4 Å². The molecule has 0 saturated heterocycles. The van der Waals surface area contributed by atoms with Gasteiger partial charge in [0.25, 0.3) is 0 Å². The molecule has 6 aromatic carbocycles. The summed E-state index contributed by atoms with van der Waals surface area (Å²) in [6.45, 7) is 6.09. The molecule has 0 saturated carbocycles. The molecular formula is C45H27N3O2. The molecule has 0 N–H and O–H groups in total. The van der Waals surface area contributed by atoms with E-state index in [1.165, 1.54) is 0 Å². The predicted molar refractivity (Wildman–Crippen MR) is 203 cm³/mol. The molecule has 9 aromatic rings. The zero-order valence-electron chi connectivity index (χ0n) is 27.1. The first kappa shape index (κ1) is 29.1. The van der Waals surface area contributed by atoms with Crippen molar-refractivity contribution in [1.82, 2.24) is 4.57 Å². The summed E-state index contributed by atoms with van der Waals surface area (Å²) in [6, 6.07) is 45.0. The highest BCUT2D eigenvalue weighted by atomic mass is 16.3. The molecule has 0 atom stereocenters. The average Bonchev–Trinajstić information content (AvgIpc) is 3.83. The average molecular weight is 642 g/mol. The van der Waals surface area contributed by atoms with E-state index in [9.17, 15) is 10.5 Å². The molecule has 5 heteroatoms. The van der Waals surface area contributed by atoms with E-state index in [2.05, 4.69) is 84.0 Å². The van der Waals surface area contributed by atoms with Crippen molar-refractivity contribution < 1.29 is 8.83 Å². The molecule has 0 radical (unpaired) electrons. The van der Waals surface area contributed by atoms with Crippen molar-refractivity contribution >= 4 is 72.4 Å². The van der Waals surface area contributed by atoms with Crippen molar-refractivity contribution in [1.29, 1.82) is 10.5 Å². The summed E-state index contributed by atoms with van der Waals surface area (Å²) in [4.78, 5) is 0. The van der Waals surface area contributed by atoms with Gasteiger partial charge in [-0.1, -0.05) is 73.3 Å². The molecule has 0 aliphatic carbocycles. The highest BCUT2D eigenvalue weighted by Crippen LogP contribution is 2.43. The monoisotopic (exact) mass is 641 g/mol. The number of nitrogens with zero attached hydrogens (tertiary/aromatic N) is 3. The summed E-state index contributed by atoms with van der Waals surface area (Å²) in [5, 5.41) is 25.0. The maximum absolute atomic E-state index is 10.5. The molecule has 0 fully saturated rings. The third-order valence-corrected chi connectivity index (χ3v) is 9.62. The van der Waals surface area contributed by atoms with E-state index in [0.29, 0.717) is 16.9 Å². The number of fused-ring (bicyclic) bond motifs is 8. The van der Waals surface area contributed by atoms with Gasteiger partial charge in [0.2, 0.25) is 0 Å². The van der Waals surface area contributed by atoms with Crippen LogP contribution in [0.4, 0.5) is 0 Å². The zero-order chi connectivity index (χ0) is 33.9. The normalized spacial score (nSPS) is 11.9. The Morgan fingerprint density at radius 1 is 0.680 bits per heavy atom. The van der Waals surface area contributed by atoms with Gasteiger partial charge in [-0.05, 0) is 90.4 Å². The lowest BCUT2D eigenvalue weighted by molar-refractivity contribution is 0.603. The maximum Gasteiger partial charge on any atom is 0.136 e. The van der Waals surface area contributed by atoms with Crippen LogP contribution in [0, 0.1) is 22.7 Å². The summed E-state index contributed by atoms with van der Waals surface area (Å²) >= 11 is 0. The molecule has 50 heavy (non-hydrogen) atoms. The molecule has 9 rings (SSSR count). The number of benzene rings is 6. The number of furan rings is 2. The number of aromatic nitrogens is 1. The van der Waals surface area contributed by atoms with Crippen LogP contribution >= 0.6 is 0 Å². The van der Waals surface area contributed by atoms with Crippen LogP contribution in [0.5, 0.6) is 0 Å². The van der Waals surface area contributed by atoms with Gasteiger partial charge in [0.15, 0.2) is 0 Å². The first-order valence-electron chi connectivity index (χ1n) is 16.3. The van der Waals surface area contributed by atoms with Gasteiger partial charge in [0.05, 0.1) is 33.9 Å². The molecule has 0 unspecified atom stereocenters. The number of nitriles is 2. The van der Waals surface area contributed by atoms with Gasteiger partial charge >= 0.3 is 0 Å². The minimum atomic E-state index is 0.586. The largest absolute Gasteiger partial charge is 0.456 e. The molecule has 234 valence electrons. The summed E-state index contributed by atoms with van der Waals surface area (Å²) < 4.78 is 15.0. The Kier molecular flexibility index (Phi) is 6.56. The molecule has 5 nitrogen and oxygen atoms in total. The molecule has 0 amide bonds. The van der Waals surface area contributed by atoms with Crippen molar-refractivity contribution in [3.05, 3.63) is 156 Å². The minimum absolute atomic E-state index is 0.586. The third kappa shape index (κ3) is 4.32. The van der Waals surface area contributed by atoms with E-state index in [1.54, 1.807) is 12.1 Å². The first-order valence-corrected chi connectivity index (χ1v) is 16.3. The van der Waals surface area contributed by atoms with Crippen molar-refractivity contribution in [2.45, 2.75) is 6.92 Å². The number of hydrogen-bond donors (Lipinski definition) is 0. The molecular weight excluding hydrogens is 615 g/mol. The molecule has 0 aliphatic rings. The second-order valence-electron chi connectivity index (χ2n) is 12.4. The van der Waals surface area contributed by atoms with E-state index in [1.807, 2.05) is 67.6 Å². The van der Waals surface area contributed by atoms with Gasteiger partial charge in [-0.15, -0.1) is 0 Å². The number of allylic oxidation sites excluding steroid dienone is 1. The lowest BCUT2D eigenvalue weighted by Gasteiger charge is -2.16. The van der Waals surface area contributed by atoms with Crippen molar-refractivity contribution in [2.75, 3.05) is 0 Å². The fourth-order valence-electron chi connectivity index (χ4n) is 7.37. The predicted octanol–water partition coefficient (Wildman–Crippen LogP) is 12.0. The van der Waals surface area contributed by atoms with Gasteiger partial charge in [-0.25, -0.2) is 0 Å². The first-order chi connectivity index (χ1) is 24.6. The Labute approximate surface area is 287 Å². The Balaban J connectivity index is 1.32. The Hall–Kier alpha value is -7.08. The molecule has 3 heterocycles. The van der Waals surface area contributed by atoms with Crippen LogP contribution in [0.3, 0.4) is 0 Å². The lowest BCUT2D eigenvalue weighted by atomic mass is 9.96. The highest BCUT2D eigenvalue weighted by Gasteiger charge is 2.22. The van der Waals surface area contributed by atoms with Crippen LogP contribution < -0.4 is 0 Å². The van der Waals surface area contributed by atoms with E-state index >= 15 is 0 Å². The minimum Gasteiger partial charge on any atom is -0.456 e. The van der Waals surface area contributed by atoms with Crippen LogP contribution in [0.25, 0.3) is 89.3 Å². The highest BCUT2D eigenvalue weighted by molar-refractivity contribution is 6.22. The van der Waals surface area contributed by atoms with Crippen LogP contribution in [0.2, 0.25) is 0 Å². The van der Waals surface area contributed by atoms with Crippen LogP contribution in [-0.4, -0.2) is 4.57 Å². The van der Waals surface area contributed by atoms with E-state index < -0.39 is 0 Å². The summed E-state index contributed by atoms with van der Waals surface area (Å²) in [7, 11) is 0. The Morgan fingerprint density at radius 3 is 2.10 bits per heavy atom. The second-order valence-corrected chi connectivity index (χ2v) is 12.4. The van der Waals surface area contributed by atoms with Gasteiger partial charge in [-0.2, -0.15) is 10.5 Å². The molecule has 0 bridgehead atoms. The summed E-state index contributed by atoms with van der Waals surface area (Å²) in [5.41, 5.74) is 11.1. The standard InChI is InChI=1S/C45H27N3O2/c1-3-39-35(22-27(2)29-11-8-10-28(23-29)25-46)43-41(49-39)20-21-42-44(43)36-24-30(18-19-40(36)50-42)32-15-9-12-31(26-47)45(32)48-37-16-6-4-13-33(37)34-14-5-7-17-38(34)48/h3-24H,1H2,2H3/b27-22+. The van der Waals surface area contributed by atoms with E-state index in [4.69, 9.17) is 8.83 Å². The van der Waals surface area contributed by atoms with Gasteiger partial charge in [-0.3, -0.25) is 0 Å². The van der Waals surface area contributed by atoms with Crippen molar-refractivity contribution in [3.8, 4) is 29.0 Å². The number of rotatable bonds is 5. The molecule has 0 spiro atoms. The third-order valence-electron chi connectivity index (χ3n) is 9.62. The second kappa shape index (κ2) is 11.3. The fraction of sp³-hybridized carbons (Fsp3) is 0.0222. The SMILES string of the molecule is C=Cc1oc2ccc3oc4ccc(-c5cccc(C#N)c5-n5c6ccccc6c6ccccc65)cc4c3c2c1/C=C(\C)c1cccc(C#N)c1. The zero-order valence-corrected chi connectivity index (χ0v) is 27.1. The quantitative estimate of drug-likeness (QED) is 0.187. The van der Waals surface area contributed by atoms with Crippen LogP contribution in [0.15, 0.2) is 137 Å². The summed E-state index contributed by atoms with van der Waals surface area (Å²) in [6.07, 6.45) is 3.83. The number of hydrogen-bond acceptors (Lipinski definition) is 4. The van der Waals surface area contributed by atoms with Crippen molar-refractivity contribution in [3.63, 3.8) is 0 Å². The van der Waals surface area contributed by atoms with Crippen LogP contribution in [0.1, 0.15) is 34.9 Å². The van der Waals surface area contributed by atoms with E-state index in [0.717, 1.165) is 88.2 Å². The van der Waals surface area contributed by atoms with Gasteiger partial charge in [0.1, 0.15) is 28.6 Å². The molecule has 3 aromatic heterocycles. The Bertz CT molecular complexity index is 2940. The fourth-order valence-corrected chi connectivity index (χ4v) is 7.37. The molecule has 0 aliphatic heterocycles. The number of para-hydroxylation sites is 3.